The highest BCUT2D eigenvalue weighted by molar-refractivity contribution is 5.61. The summed E-state index contributed by atoms with van der Waals surface area (Å²) < 4.78 is 82.7. The van der Waals surface area contributed by atoms with Crippen LogP contribution in [0.25, 0.3) is 4.85 Å². The molecule has 0 aromatic heterocycles. The van der Waals surface area contributed by atoms with E-state index in [1.807, 2.05) is 0 Å². The van der Waals surface area contributed by atoms with Crippen LogP contribution in [0.4, 0.5) is 37.7 Å². The number of benzene rings is 2. The summed E-state index contributed by atoms with van der Waals surface area (Å²) in [6, 6.07) is 7.04. The zero-order valence-corrected chi connectivity index (χ0v) is 15.0. The van der Waals surface area contributed by atoms with Crippen molar-refractivity contribution in [3.05, 3.63) is 64.5 Å². The minimum Gasteiger partial charge on any atom is -0.491 e. The van der Waals surface area contributed by atoms with Crippen molar-refractivity contribution in [2.75, 3.05) is 18.5 Å². The molecule has 0 saturated heterocycles. The van der Waals surface area contributed by atoms with Gasteiger partial charge in [0.05, 0.1) is 29.3 Å². The van der Waals surface area contributed by atoms with Crippen molar-refractivity contribution < 1.29 is 36.2 Å². The average Bonchev–Trinajstić information content (AvgIpc) is 2.68. The summed E-state index contributed by atoms with van der Waals surface area (Å²) in [6.45, 7) is 6.06. The lowest BCUT2D eigenvalue weighted by molar-refractivity contribution is -0.138. The van der Waals surface area contributed by atoms with Gasteiger partial charge in [-0.2, -0.15) is 31.6 Å². The molecule has 0 heterocycles. The number of alkyl halides is 6. The molecule has 0 radical (unpaired) electrons. The molecule has 0 bridgehead atoms. The van der Waals surface area contributed by atoms with E-state index >= 15 is 0 Å². The van der Waals surface area contributed by atoms with Crippen LogP contribution in [0.2, 0.25) is 0 Å². The first-order valence-electron chi connectivity index (χ1n) is 8.20. The monoisotopic (exact) mass is 429 g/mol. The second-order valence-corrected chi connectivity index (χ2v) is 6.00. The summed E-state index contributed by atoms with van der Waals surface area (Å²) in [5.41, 5.74) is -3.48. The van der Waals surface area contributed by atoms with Crippen molar-refractivity contribution in [2.24, 2.45) is 0 Å². The Morgan fingerprint density at radius 1 is 1.07 bits per heavy atom. The average molecular weight is 429 g/mol. The van der Waals surface area contributed by atoms with Gasteiger partial charge >= 0.3 is 12.4 Å². The Kier molecular flexibility index (Phi) is 6.80. The maximum absolute atomic E-state index is 13.0. The first kappa shape index (κ1) is 22.8. The first-order valence-corrected chi connectivity index (χ1v) is 8.20. The lowest BCUT2D eigenvalue weighted by Gasteiger charge is -2.16. The standard InChI is InChI=1S/C19H13F6N3O2/c1-27-17-5-3-12(6-16(17)19(23,24)25)28-9-13(29)10-30-14-4-2-11(8-26)15(7-14)18(20,21)22/h2-7,13,28-29H,9-10H2. The minimum atomic E-state index is -4.77. The molecule has 0 spiro atoms. The van der Waals surface area contributed by atoms with Gasteiger partial charge in [-0.05, 0) is 30.3 Å². The molecular weight excluding hydrogens is 416 g/mol. The van der Waals surface area contributed by atoms with E-state index in [9.17, 15) is 31.4 Å². The number of nitrogens with one attached hydrogen (secondary N) is 1. The quantitative estimate of drug-likeness (QED) is 0.501. The van der Waals surface area contributed by atoms with Crippen molar-refractivity contribution >= 4 is 11.4 Å². The Morgan fingerprint density at radius 3 is 2.30 bits per heavy atom. The Hall–Kier alpha value is -3.44. The molecule has 0 fully saturated rings. The van der Waals surface area contributed by atoms with Gasteiger partial charge in [0, 0.05) is 12.2 Å². The highest BCUT2D eigenvalue weighted by atomic mass is 19.4. The minimum absolute atomic E-state index is 0.00787. The number of nitrogens with zero attached hydrogens (tertiary/aromatic N) is 2. The van der Waals surface area contributed by atoms with Crippen LogP contribution in [0.1, 0.15) is 16.7 Å². The van der Waals surface area contributed by atoms with Crippen LogP contribution in [0.3, 0.4) is 0 Å². The summed E-state index contributed by atoms with van der Waals surface area (Å²) in [6.07, 6.45) is -10.8. The molecular formula is C19H13F6N3O2. The van der Waals surface area contributed by atoms with Crippen LogP contribution >= 0.6 is 0 Å². The predicted molar refractivity (Wildman–Crippen MR) is 93.9 cm³/mol. The number of aliphatic hydroxyl groups is 1. The van der Waals surface area contributed by atoms with E-state index in [4.69, 9.17) is 16.6 Å². The Labute approximate surface area is 166 Å². The SMILES string of the molecule is [C-]#[N+]c1ccc(NCC(O)COc2ccc(C#N)c(C(F)(F)F)c2)cc1C(F)(F)F. The molecule has 2 aromatic carbocycles. The summed E-state index contributed by atoms with van der Waals surface area (Å²) in [5.74, 6) is -0.235. The Bertz CT molecular complexity index is 910. The second-order valence-electron chi connectivity index (χ2n) is 6.00. The Morgan fingerprint density at radius 2 is 1.73 bits per heavy atom. The molecule has 1 unspecified atom stereocenters. The number of anilines is 1. The lowest BCUT2D eigenvalue weighted by Crippen LogP contribution is -2.26. The van der Waals surface area contributed by atoms with E-state index < -0.39 is 47.4 Å². The zero-order chi connectivity index (χ0) is 22.5. The zero-order valence-electron chi connectivity index (χ0n) is 15.0. The molecule has 0 aliphatic carbocycles. The third-order valence-electron chi connectivity index (χ3n) is 3.82. The molecule has 2 N–H and O–H groups in total. The molecule has 0 amide bonds. The number of hydrogen-bond donors (Lipinski definition) is 2. The normalized spacial score (nSPS) is 12.6. The number of hydrogen-bond acceptors (Lipinski definition) is 4. The molecule has 0 aliphatic heterocycles. The van der Waals surface area contributed by atoms with Gasteiger partial charge in [0.15, 0.2) is 5.69 Å². The molecule has 30 heavy (non-hydrogen) atoms. The second kappa shape index (κ2) is 8.93. The molecule has 5 nitrogen and oxygen atoms in total. The fourth-order valence-electron chi connectivity index (χ4n) is 2.40. The van der Waals surface area contributed by atoms with Crippen LogP contribution in [0, 0.1) is 17.9 Å². The highest BCUT2D eigenvalue weighted by Gasteiger charge is 2.34. The van der Waals surface area contributed by atoms with E-state index in [1.165, 1.54) is 12.1 Å². The van der Waals surface area contributed by atoms with Gasteiger partial charge in [0.2, 0.25) is 0 Å². The molecule has 11 heteroatoms. The van der Waals surface area contributed by atoms with Crippen LogP contribution in [0.15, 0.2) is 36.4 Å². The summed E-state index contributed by atoms with van der Waals surface area (Å²) >= 11 is 0. The van der Waals surface area contributed by atoms with Crippen molar-refractivity contribution in [3.8, 4) is 11.8 Å². The Balaban J connectivity index is 2.01. The first-order chi connectivity index (χ1) is 14.0. The van der Waals surface area contributed by atoms with Crippen molar-refractivity contribution in [1.82, 2.24) is 0 Å². The van der Waals surface area contributed by atoms with Crippen LogP contribution in [-0.4, -0.2) is 24.4 Å². The van der Waals surface area contributed by atoms with Gasteiger partial charge in [-0.3, -0.25) is 0 Å². The van der Waals surface area contributed by atoms with Gasteiger partial charge in [-0.25, -0.2) is 4.85 Å². The maximum atomic E-state index is 13.0. The number of aliphatic hydroxyl groups excluding tert-OH is 1. The van der Waals surface area contributed by atoms with E-state index in [0.717, 1.165) is 24.3 Å². The maximum Gasteiger partial charge on any atom is 0.417 e. The van der Waals surface area contributed by atoms with Gasteiger partial charge in [-0.15, -0.1) is 0 Å². The van der Waals surface area contributed by atoms with Crippen LogP contribution < -0.4 is 10.1 Å². The molecule has 0 saturated carbocycles. The largest absolute Gasteiger partial charge is 0.491 e. The van der Waals surface area contributed by atoms with Gasteiger partial charge in [0.1, 0.15) is 18.5 Å². The molecule has 1 atom stereocenters. The summed E-state index contributed by atoms with van der Waals surface area (Å²) in [7, 11) is 0. The fraction of sp³-hybridized carbons (Fsp3) is 0.263. The fourth-order valence-corrected chi connectivity index (χ4v) is 2.40. The smallest absolute Gasteiger partial charge is 0.417 e. The third-order valence-corrected chi connectivity index (χ3v) is 3.82. The number of ether oxygens (including phenoxy) is 1. The van der Waals surface area contributed by atoms with Crippen molar-refractivity contribution in [3.63, 3.8) is 0 Å². The van der Waals surface area contributed by atoms with Crippen LogP contribution in [0.5, 0.6) is 5.75 Å². The van der Waals surface area contributed by atoms with Gasteiger partial charge in [-0.1, -0.05) is 6.07 Å². The number of rotatable bonds is 6. The highest BCUT2D eigenvalue weighted by Crippen LogP contribution is 2.38. The van der Waals surface area contributed by atoms with Crippen LogP contribution in [-0.2, 0) is 12.4 Å². The van der Waals surface area contributed by atoms with E-state index in [-0.39, 0.29) is 18.0 Å². The summed E-state index contributed by atoms with van der Waals surface area (Å²) in [4.78, 5) is 2.81. The number of nitriles is 1. The van der Waals surface area contributed by atoms with Gasteiger partial charge < -0.3 is 15.2 Å². The van der Waals surface area contributed by atoms with E-state index in [2.05, 4.69) is 10.2 Å². The predicted octanol–water partition coefficient (Wildman–Crippen LogP) is 5.00. The third kappa shape index (κ3) is 5.78. The molecule has 158 valence electrons. The van der Waals surface area contributed by atoms with Crippen molar-refractivity contribution in [1.29, 1.82) is 5.26 Å². The topological polar surface area (TPSA) is 69.6 Å². The number of halogens is 6. The molecule has 0 aliphatic rings. The van der Waals surface area contributed by atoms with E-state index in [0.29, 0.717) is 6.07 Å². The van der Waals surface area contributed by atoms with Gasteiger partial charge in [0.25, 0.3) is 0 Å². The molecule has 2 aromatic rings. The lowest BCUT2D eigenvalue weighted by atomic mass is 10.1. The van der Waals surface area contributed by atoms with E-state index in [1.54, 1.807) is 0 Å². The van der Waals surface area contributed by atoms with Crippen molar-refractivity contribution in [2.45, 2.75) is 18.5 Å². The molecule has 2 rings (SSSR count). The summed E-state index contributed by atoms with van der Waals surface area (Å²) in [5, 5.41) is 21.2.